The van der Waals surface area contributed by atoms with Gasteiger partial charge in [-0.3, -0.25) is 4.79 Å². The number of nitrogens with one attached hydrogen (secondary N) is 1. The topological polar surface area (TPSA) is 75.7 Å². The van der Waals surface area contributed by atoms with Gasteiger partial charge in [-0.15, -0.1) is 0 Å². The Labute approximate surface area is 152 Å². The Balaban J connectivity index is 2.38. The molecule has 2 aromatic carbocycles. The molecule has 0 radical (unpaired) electrons. The van der Waals surface area contributed by atoms with Gasteiger partial charge in [-0.1, -0.05) is 6.07 Å². The number of aryl methyl sites for hydroxylation is 1. The molecule has 0 atom stereocenters. The summed E-state index contributed by atoms with van der Waals surface area (Å²) in [6, 6.07) is 8.47. The van der Waals surface area contributed by atoms with E-state index in [1.165, 1.54) is 44.4 Å². The van der Waals surface area contributed by atoms with Crippen LogP contribution in [0.25, 0.3) is 0 Å². The summed E-state index contributed by atoms with van der Waals surface area (Å²) in [6.07, 6.45) is 0. The largest absolute Gasteiger partial charge is 0.492 e. The molecule has 0 spiro atoms. The first-order valence-corrected chi connectivity index (χ1v) is 9.37. The van der Waals surface area contributed by atoms with E-state index in [-0.39, 0.29) is 21.9 Å². The third-order valence-corrected chi connectivity index (χ3v) is 5.53. The van der Waals surface area contributed by atoms with Crippen LogP contribution in [0, 0.1) is 12.7 Å². The molecule has 0 aliphatic heterocycles. The fourth-order valence-electron chi connectivity index (χ4n) is 2.20. The molecule has 140 valence electrons. The van der Waals surface area contributed by atoms with Gasteiger partial charge < -0.3 is 10.1 Å². The van der Waals surface area contributed by atoms with Crippen molar-refractivity contribution in [1.82, 2.24) is 4.31 Å². The van der Waals surface area contributed by atoms with Gasteiger partial charge in [-0.05, 0) is 49.7 Å². The van der Waals surface area contributed by atoms with E-state index in [1.54, 1.807) is 13.8 Å². The lowest BCUT2D eigenvalue weighted by molar-refractivity contribution is 0.102. The van der Waals surface area contributed by atoms with Crippen LogP contribution >= 0.6 is 0 Å². The Kier molecular flexibility index (Phi) is 5.99. The summed E-state index contributed by atoms with van der Waals surface area (Å²) in [7, 11) is -0.952. The van der Waals surface area contributed by atoms with Crippen molar-refractivity contribution in [3.8, 4) is 5.75 Å². The maximum Gasteiger partial charge on any atom is 0.255 e. The number of anilines is 1. The van der Waals surface area contributed by atoms with Crippen LogP contribution in [0.15, 0.2) is 41.3 Å². The van der Waals surface area contributed by atoms with Gasteiger partial charge >= 0.3 is 0 Å². The zero-order chi connectivity index (χ0) is 19.5. The van der Waals surface area contributed by atoms with Gasteiger partial charge in [-0.2, -0.15) is 0 Å². The predicted molar refractivity (Wildman–Crippen MR) is 97.6 cm³/mol. The fourth-order valence-corrected chi connectivity index (χ4v) is 3.25. The van der Waals surface area contributed by atoms with E-state index in [9.17, 15) is 17.6 Å². The van der Waals surface area contributed by atoms with Crippen LogP contribution in [0.3, 0.4) is 0 Å². The maximum atomic E-state index is 13.6. The number of carbonyl (C=O) groups excluding carboxylic acids is 1. The van der Waals surface area contributed by atoms with Crippen LogP contribution < -0.4 is 10.1 Å². The van der Waals surface area contributed by atoms with Gasteiger partial charge in [0.1, 0.15) is 16.5 Å². The van der Waals surface area contributed by atoms with E-state index in [4.69, 9.17) is 4.74 Å². The molecular formula is C18H21FN2O4S. The van der Waals surface area contributed by atoms with Crippen LogP contribution in [0.4, 0.5) is 10.1 Å². The highest BCUT2D eigenvalue weighted by Gasteiger charge is 2.23. The van der Waals surface area contributed by atoms with E-state index in [0.717, 1.165) is 10.4 Å². The third kappa shape index (κ3) is 4.20. The van der Waals surface area contributed by atoms with Crippen LogP contribution in [-0.2, 0) is 10.0 Å². The molecule has 0 unspecified atom stereocenters. The minimum absolute atomic E-state index is 0.0581. The molecule has 0 saturated carbocycles. The number of sulfonamides is 1. The van der Waals surface area contributed by atoms with E-state index in [1.807, 2.05) is 0 Å². The normalized spacial score (nSPS) is 11.5. The summed E-state index contributed by atoms with van der Waals surface area (Å²) < 4.78 is 45.1. The van der Waals surface area contributed by atoms with Crippen molar-refractivity contribution in [3.05, 3.63) is 53.3 Å². The number of benzene rings is 2. The summed E-state index contributed by atoms with van der Waals surface area (Å²) in [6.45, 7) is 3.64. The molecule has 1 amide bonds. The van der Waals surface area contributed by atoms with E-state index >= 15 is 0 Å². The van der Waals surface area contributed by atoms with Gasteiger partial charge in [0.15, 0.2) is 0 Å². The van der Waals surface area contributed by atoms with E-state index < -0.39 is 21.7 Å². The number of halogens is 1. The first-order chi connectivity index (χ1) is 12.2. The monoisotopic (exact) mass is 380 g/mol. The van der Waals surface area contributed by atoms with Gasteiger partial charge in [0.2, 0.25) is 10.0 Å². The molecule has 0 aliphatic rings. The average molecular weight is 380 g/mol. The van der Waals surface area contributed by atoms with Gasteiger partial charge in [0.05, 0.1) is 6.61 Å². The summed E-state index contributed by atoms with van der Waals surface area (Å²) >= 11 is 0. The van der Waals surface area contributed by atoms with Crippen molar-refractivity contribution in [2.75, 3.05) is 26.0 Å². The molecule has 26 heavy (non-hydrogen) atoms. The van der Waals surface area contributed by atoms with E-state index in [2.05, 4.69) is 5.32 Å². The predicted octanol–water partition coefficient (Wildman–Crippen LogP) is 3.04. The highest BCUT2D eigenvalue weighted by molar-refractivity contribution is 7.89. The van der Waals surface area contributed by atoms with Gasteiger partial charge in [0.25, 0.3) is 5.91 Å². The molecule has 2 rings (SSSR count). The highest BCUT2D eigenvalue weighted by atomic mass is 32.2. The lowest BCUT2D eigenvalue weighted by Crippen LogP contribution is -2.23. The average Bonchev–Trinajstić information content (AvgIpc) is 2.58. The van der Waals surface area contributed by atoms with Crippen molar-refractivity contribution in [2.45, 2.75) is 18.7 Å². The lowest BCUT2D eigenvalue weighted by atomic mass is 10.1. The lowest BCUT2D eigenvalue weighted by Gasteiger charge is -2.16. The number of hydrogen-bond donors (Lipinski definition) is 1. The second kappa shape index (κ2) is 7.84. The highest BCUT2D eigenvalue weighted by Crippen LogP contribution is 2.29. The summed E-state index contributed by atoms with van der Waals surface area (Å²) in [5.74, 6) is -0.831. The first kappa shape index (κ1) is 19.9. The molecule has 0 heterocycles. The van der Waals surface area contributed by atoms with Crippen LogP contribution in [0.1, 0.15) is 22.8 Å². The zero-order valence-corrected chi connectivity index (χ0v) is 15.9. The number of nitrogens with zero attached hydrogens (tertiary/aromatic N) is 1. The Morgan fingerprint density at radius 2 is 1.88 bits per heavy atom. The molecule has 8 heteroatoms. The molecule has 0 fully saturated rings. The second-order valence-electron chi connectivity index (χ2n) is 5.80. The summed E-state index contributed by atoms with van der Waals surface area (Å²) in [5.41, 5.74) is 0.834. The number of ether oxygens (including phenoxy) is 1. The van der Waals surface area contributed by atoms with Crippen molar-refractivity contribution in [2.24, 2.45) is 0 Å². The smallest absolute Gasteiger partial charge is 0.255 e. The van der Waals surface area contributed by atoms with Crippen LogP contribution in [0.2, 0.25) is 0 Å². The Morgan fingerprint density at radius 1 is 1.19 bits per heavy atom. The van der Waals surface area contributed by atoms with Gasteiger partial charge in [0, 0.05) is 25.3 Å². The van der Waals surface area contributed by atoms with Crippen molar-refractivity contribution >= 4 is 21.6 Å². The molecule has 0 aliphatic carbocycles. The van der Waals surface area contributed by atoms with Crippen LogP contribution in [-0.4, -0.2) is 39.3 Å². The number of hydrogen-bond acceptors (Lipinski definition) is 4. The molecular weight excluding hydrogens is 359 g/mol. The van der Waals surface area contributed by atoms with E-state index in [0.29, 0.717) is 12.2 Å². The number of amides is 1. The quantitative estimate of drug-likeness (QED) is 0.836. The molecule has 0 saturated heterocycles. The Hall–Kier alpha value is -2.45. The first-order valence-electron chi connectivity index (χ1n) is 7.93. The third-order valence-electron chi connectivity index (χ3n) is 3.69. The summed E-state index contributed by atoms with van der Waals surface area (Å²) in [4.78, 5) is 12.3. The minimum Gasteiger partial charge on any atom is -0.492 e. The molecule has 1 N–H and O–H groups in total. The molecule has 2 aromatic rings. The summed E-state index contributed by atoms with van der Waals surface area (Å²) in [5, 5.41) is 2.58. The van der Waals surface area contributed by atoms with Gasteiger partial charge in [-0.25, -0.2) is 17.1 Å². The minimum atomic E-state index is -3.77. The number of carbonyl (C=O) groups is 1. The maximum absolute atomic E-state index is 13.6. The standard InChI is InChI=1S/C18H21FN2O4S/c1-5-25-16-9-8-14(11-17(16)26(23,24)21(3)4)20-18(22)13-7-6-12(2)15(19)10-13/h6-11H,5H2,1-4H3,(H,20,22). The number of rotatable bonds is 6. The Bertz CT molecular complexity index is 927. The Morgan fingerprint density at radius 3 is 2.46 bits per heavy atom. The van der Waals surface area contributed by atoms with Crippen molar-refractivity contribution < 1.29 is 22.3 Å². The van der Waals surface area contributed by atoms with Crippen molar-refractivity contribution in [3.63, 3.8) is 0 Å². The molecule has 6 nitrogen and oxygen atoms in total. The zero-order valence-electron chi connectivity index (χ0n) is 15.0. The second-order valence-corrected chi connectivity index (χ2v) is 7.92. The molecule has 0 bridgehead atoms. The fraction of sp³-hybridized carbons (Fsp3) is 0.278. The van der Waals surface area contributed by atoms with Crippen molar-refractivity contribution in [1.29, 1.82) is 0 Å². The molecule has 0 aromatic heterocycles. The SMILES string of the molecule is CCOc1ccc(NC(=O)c2ccc(C)c(F)c2)cc1S(=O)(=O)N(C)C. The van der Waals surface area contributed by atoms with Crippen LogP contribution in [0.5, 0.6) is 5.75 Å².